The highest BCUT2D eigenvalue weighted by Gasteiger charge is 2.33. The lowest BCUT2D eigenvalue weighted by Gasteiger charge is -2.31. The Hall–Kier alpha value is -0.720. The van der Waals surface area contributed by atoms with Crippen LogP contribution in [0.3, 0.4) is 0 Å². The molecule has 0 fully saturated rings. The Kier molecular flexibility index (Phi) is 0.997. The first-order valence-corrected chi connectivity index (χ1v) is 3.89. The molecular weight excluding hydrogens is 122 g/mol. The smallest absolute Gasteiger partial charge is 0.0220 e. The van der Waals surface area contributed by atoms with Crippen LogP contribution in [0.5, 0.6) is 0 Å². The number of hydrogen-bond donors (Lipinski definition) is 1. The second-order valence-corrected chi connectivity index (χ2v) is 3.38. The molecule has 1 aliphatic carbocycles. The monoisotopic (exact) mass is 135 g/mol. The molecule has 0 saturated heterocycles. The standard InChI is InChI=1S/C9H13N/c1-5-4-10-9-7(3)6(2)8(5)9/h4,6-7,10H,1-3H3. The molecule has 0 saturated carbocycles. The molecule has 1 nitrogen and oxygen atoms in total. The molecule has 0 spiro atoms. The average molecular weight is 135 g/mol. The van der Waals surface area contributed by atoms with Crippen molar-refractivity contribution in [3.63, 3.8) is 0 Å². The van der Waals surface area contributed by atoms with Gasteiger partial charge in [-0.2, -0.15) is 0 Å². The van der Waals surface area contributed by atoms with Crippen molar-refractivity contribution in [2.75, 3.05) is 0 Å². The van der Waals surface area contributed by atoms with Crippen molar-refractivity contribution in [2.24, 2.45) is 0 Å². The fourth-order valence-corrected chi connectivity index (χ4v) is 1.94. The van der Waals surface area contributed by atoms with Crippen LogP contribution in [-0.4, -0.2) is 4.98 Å². The Bertz CT molecular complexity index is 260. The molecule has 1 aliphatic rings. The molecule has 10 heavy (non-hydrogen) atoms. The van der Waals surface area contributed by atoms with Gasteiger partial charge in [0.2, 0.25) is 0 Å². The summed E-state index contributed by atoms with van der Waals surface area (Å²) < 4.78 is 0. The van der Waals surface area contributed by atoms with Gasteiger partial charge in [-0.1, -0.05) is 13.8 Å². The molecule has 1 heteroatoms. The van der Waals surface area contributed by atoms with Crippen molar-refractivity contribution in [1.82, 2.24) is 4.98 Å². The van der Waals surface area contributed by atoms with Gasteiger partial charge in [0.05, 0.1) is 0 Å². The van der Waals surface area contributed by atoms with Crippen LogP contribution >= 0.6 is 0 Å². The molecule has 2 rings (SSSR count). The number of aryl methyl sites for hydroxylation is 1. The van der Waals surface area contributed by atoms with Crippen molar-refractivity contribution in [3.8, 4) is 0 Å². The Morgan fingerprint density at radius 1 is 1.30 bits per heavy atom. The SMILES string of the molecule is Cc1c[nH]c2c1C(C)C2C. The molecule has 0 aromatic carbocycles. The van der Waals surface area contributed by atoms with E-state index in [4.69, 9.17) is 0 Å². The predicted octanol–water partition coefficient (Wildman–Crippen LogP) is 2.54. The third-order valence-corrected chi connectivity index (χ3v) is 2.82. The van der Waals surface area contributed by atoms with Crippen molar-refractivity contribution >= 4 is 0 Å². The maximum atomic E-state index is 3.30. The Morgan fingerprint density at radius 3 is 2.60 bits per heavy atom. The molecule has 2 atom stereocenters. The first kappa shape index (κ1) is 6.02. The Labute approximate surface area is 61.5 Å². The minimum absolute atomic E-state index is 0.753. The number of H-pyrrole nitrogens is 1. The van der Waals surface area contributed by atoms with Crippen molar-refractivity contribution < 1.29 is 0 Å². The van der Waals surface area contributed by atoms with Crippen LogP contribution in [-0.2, 0) is 0 Å². The molecule has 1 aromatic rings. The van der Waals surface area contributed by atoms with Crippen molar-refractivity contribution in [3.05, 3.63) is 23.0 Å². The van der Waals surface area contributed by atoms with E-state index < -0.39 is 0 Å². The highest BCUT2D eigenvalue weighted by molar-refractivity contribution is 5.44. The maximum absolute atomic E-state index is 3.30. The van der Waals surface area contributed by atoms with Gasteiger partial charge in [0.15, 0.2) is 0 Å². The molecule has 0 radical (unpaired) electrons. The molecule has 1 aromatic heterocycles. The Balaban J connectivity index is 2.54. The molecular formula is C9H13N. The summed E-state index contributed by atoms with van der Waals surface area (Å²) in [6.45, 7) is 6.76. The van der Waals surface area contributed by atoms with E-state index in [2.05, 4.69) is 32.0 Å². The van der Waals surface area contributed by atoms with Gasteiger partial charge in [-0.25, -0.2) is 0 Å². The number of nitrogens with one attached hydrogen (secondary N) is 1. The first-order chi connectivity index (χ1) is 4.72. The molecule has 1 heterocycles. The van der Waals surface area contributed by atoms with E-state index in [9.17, 15) is 0 Å². The quantitative estimate of drug-likeness (QED) is 0.562. The van der Waals surface area contributed by atoms with Gasteiger partial charge in [0.1, 0.15) is 0 Å². The van der Waals surface area contributed by atoms with Crippen molar-refractivity contribution in [1.29, 1.82) is 0 Å². The summed E-state index contributed by atoms with van der Waals surface area (Å²) in [6.07, 6.45) is 2.12. The largest absolute Gasteiger partial charge is 0.364 e. The van der Waals surface area contributed by atoms with Gasteiger partial charge in [-0.3, -0.25) is 0 Å². The second-order valence-electron chi connectivity index (χ2n) is 3.38. The van der Waals surface area contributed by atoms with Crippen LogP contribution in [0.25, 0.3) is 0 Å². The number of aromatic nitrogens is 1. The van der Waals surface area contributed by atoms with E-state index in [0.29, 0.717) is 0 Å². The number of hydrogen-bond acceptors (Lipinski definition) is 0. The number of fused-ring (bicyclic) bond motifs is 1. The normalized spacial score (nSPS) is 29.5. The lowest BCUT2D eigenvalue weighted by Crippen LogP contribution is -2.18. The van der Waals surface area contributed by atoms with Gasteiger partial charge in [0.25, 0.3) is 0 Å². The fraction of sp³-hybridized carbons (Fsp3) is 0.556. The van der Waals surface area contributed by atoms with Crippen LogP contribution in [0.15, 0.2) is 6.20 Å². The van der Waals surface area contributed by atoms with E-state index in [1.54, 1.807) is 5.56 Å². The lowest BCUT2D eigenvalue weighted by atomic mass is 9.73. The second kappa shape index (κ2) is 1.66. The topological polar surface area (TPSA) is 15.8 Å². The summed E-state index contributed by atoms with van der Waals surface area (Å²) in [5.41, 5.74) is 4.46. The van der Waals surface area contributed by atoms with Crippen molar-refractivity contribution in [2.45, 2.75) is 32.6 Å². The molecule has 0 amide bonds. The van der Waals surface area contributed by atoms with E-state index in [1.165, 1.54) is 11.3 Å². The third kappa shape index (κ3) is 0.487. The van der Waals surface area contributed by atoms with E-state index >= 15 is 0 Å². The minimum atomic E-state index is 0.753. The maximum Gasteiger partial charge on any atom is 0.0220 e. The van der Waals surface area contributed by atoms with Gasteiger partial charge in [-0.15, -0.1) is 0 Å². The summed E-state index contributed by atoms with van der Waals surface area (Å²) in [6, 6.07) is 0. The zero-order valence-electron chi connectivity index (χ0n) is 6.73. The number of rotatable bonds is 0. The van der Waals surface area contributed by atoms with Gasteiger partial charge < -0.3 is 4.98 Å². The average Bonchev–Trinajstić information content (AvgIpc) is 2.27. The van der Waals surface area contributed by atoms with Crippen LogP contribution < -0.4 is 0 Å². The summed E-state index contributed by atoms with van der Waals surface area (Å²) in [7, 11) is 0. The molecule has 1 N–H and O–H groups in total. The van der Waals surface area contributed by atoms with E-state index in [-0.39, 0.29) is 0 Å². The highest BCUT2D eigenvalue weighted by Crippen LogP contribution is 2.46. The summed E-state index contributed by atoms with van der Waals surface area (Å²) >= 11 is 0. The molecule has 2 unspecified atom stereocenters. The minimum Gasteiger partial charge on any atom is -0.364 e. The van der Waals surface area contributed by atoms with E-state index in [0.717, 1.165) is 11.8 Å². The predicted molar refractivity (Wildman–Crippen MR) is 42.4 cm³/mol. The van der Waals surface area contributed by atoms with Gasteiger partial charge in [-0.05, 0) is 24.0 Å². The molecule has 0 aliphatic heterocycles. The summed E-state index contributed by atoms with van der Waals surface area (Å²) in [4.78, 5) is 3.30. The summed E-state index contributed by atoms with van der Waals surface area (Å²) in [5, 5.41) is 0. The Morgan fingerprint density at radius 2 is 2.00 bits per heavy atom. The molecule has 54 valence electrons. The fourth-order valence-electron chi connectivity index (χ4n) is 1.94. The molecule has 0 bridgehead atoms. The van der Waals surface area contributed by atoms with Crippen LogP contribution in [0.1, 0.15) is 42.5 Å². The number of aromatic amines is 1. The highest BCUT2D eigenvalue weighted by atomic mass is 14.7. The van der Waals surface area contributed by atoms with Gasteiger partial charge >= 0.3 is 0 Å². The van der Waals surface area contributed by atoms with Crippen LogP contribution in [0, 0.1) is 6.92 Å². The summed E-state index contributed by atoms with van der Waals surface area (Å²) in [5.74, 6) is 1.53. The van der Waals surface area contributed by atoms with Crippen LogP contribution in [0.2, 0.25) is 0 Å². The third-order valence-electron chi connectivity index (χ3n) is 2.82. The van der Waals surface area contributed by atoms with Crippen LogP contribution in [0.4, 0.5) is 0 Å². The zero-order chi connectivity index (χ0) is 7.30. The van der Waals surface area contributed by atoms with Gasteiger partial charge in [0, 0.05) is 17.8 Å². The van der Waals surface area contributed by atoms with E-state index in [1.807, 2.05) is 0 Å². The zero-order valence-corrected chi connectivity index (χ0v) is 6.73. The lowest BCUT2D eigenvalue weighted by molar-refractivity contribution is 0.529. The first-order valence-electron chi connectivity index (χ1n) is 3.89.